The summed E-state index contributed by atoms with van der Waals surface area (Å²) in [4.78, 5) is 12.0. The second-order valence-corrected chi connectivity index (χ2v) is 5.62. The third-order valence-electron chi connectivity index (χ3n) is 2.79. The minimum absolute atomic E-state index is 0.104. The first-order chi connectivity index (χ1) is 10.7. The number of carbonyl (C=O) groups is 1. The molecular weight excluding hydrogens is 376 g/mol. The van der Waals surface area contributed by atoms with Gasteiger partial charge in [-0.1, -0.05) is 46.9 Å². The van der Waals surface area contributed by atoms with Gasteiger partial charge in [-0.25, -0.2) is 0 Å². The molecule has 0 saturated heterocycles. The molecule has 0 aliphatic rings. The van der Waals surface area contributed by atoms with E-state index in [1.807, 2.05) is 0 Å². The van der Waals surface area contributed by atoms with Crippen LogP contribution in [0.25, 0.3) is 0 Å². The molecule has 0 saturated carbocycles. The third-order valence-corrected chi connectivity index (χ3v) is 3.60. The summed E-state index contributed by atoms with van der Waals surface area (Å²) in [6, 6.07) is 7.13. The van der Waals surface area contributed by atoms with Gasteiger partial charge < -0.3 is 0 Å². The molecule has 0 unspecified atom stereocenters. The molecule has 1 amide bonds. The highest BCUT2D eigenvalue weighted by molar-refractivity contribution is 6.41. The van der Waals surface area contributed by atoms with E-state index in [1.165, 1.54) is 24.3 Å². The number of rotatable bonds is 3. The molecule has 0 aliphatic carbocycles. The number of hydrazine groups is 1. The highest BCUT2D eigenvalue weighted by atomic mass is 35.5. The van der Waals surface area contributed by atoms with Crippen molar-refractivity contribution in [2.75, 3.05) is 5.43 Å². The van der Waals surface area contributed by atoms with Crippen molar-refractivity contribution in [1.82, 2.24) is 5.43 Å². The van der Waals surface area contributed by atoms with Gasteiger partial charge in [0.15, 0.2) is 0 Å². The lowest BCUT2D eigenvalue weighted by Crippen LogP contribution is -2.31. The lowest BCUT2D eigenvalue weighted by molar-refractivity contribution is -0.137. The molecular formula is C14H8Cl3F3N2O. The van der Waals surface area contributed by atoms with Gasteiger partial charge in [0.2, 0.25) is 0 Å². The van der Waals surface area contributed by atoms with Crippen LogP contribution in [0.2, 0.25) is 15.1 Å². The van der Waals surface area contributed by atoms with Crippen LogP contribution in [0.5, 0.6) is 0 Å². The maximum absolute atomic E-state index is 12.9. The Morgan fingerprint density at radius 1 is 1.00 bits per heavy atom. The largest absolute Gasteiger partial charge is 0.417 e. The summed E-state index contributed by atoms with van der Waals surface area (Å²) in [7, 11) is 0. The van der Waals surface area contributed by atoms with E-state index in [0.717, 1.165) is 12.1 Å². The zero-order chi connectivity index (χ0) is 17.2. The second kappa shape index (κ2) is 6.86. The Morgan fingerprint density at radius 2 is 1.57 bits per heavy atom. The Hall–Kier alpha value is -1.63. The summed E-state index contributed by atoms with van der Waals surface area (Å²) >= 11 is 17.6. The molecule has 2 rings (SSSR count). The van der Waals surface area contributed by atoms with Crippen molar-refractivity contribution >= 4 is 46.4 Å². The monoisotopic (exact) mass is 382 g/mol. The van der Waals surface area contributed by atoms with Crippen molar-refractivity contribution in [3.63, 3.8) is 0 Å². The first-order valence-corrected chi connectivity index (χ1v) is 7.20. The smallest absolute Gasteiger partial charge is 0.295 e. The molecule has 0 bridgehead atoms. The van der Waals surface area contributed by atoms with Gasteiger partial charge in [0, 0.05) is 5.02 Å². The molecule has 0 aliphatic heterocycles. The first kappa shape index (κ1) is 17.7. The molecule has 3 nitrogen and oxygen atoms in total. The molecule has 2 N–H and O–H groups in total. The summed E-state index contributed by atoms with van der Waals surface area (Å²) in [5.41, 5.74) is 3.06. The van der Waals surface area contributed by atoms with Crippen LogP contribution in [0.15, 0.2) is 36.4 Å². The van der Waals surface area contributed by atoms with Gasteiger partial charge in [0.1, 0.15) is 0 Å². The van der Waals surface area contributed by atoms with Crippen LogP contribution in [-0.4, -0.2) is 5.91 Å². The molecule has 0 heterocycles. The van der Waals surface area contributed by atoms with Gasteiger partial charge >= 0.3 is 6.18 Å². The van der Waals surface area contributed by atoms with E-state index in [9.17, 15) is 18.0 Å². The lowest BCUT2D eigenvalue weighted by Gasteiger charge is -2.15. The van der Waals surface area contributed by atoms with Crippen LogP contribution in [-0.2, 0) is 6.18 Å². The highest BCUT2D eigenvalue weighted by Gasteiger charge is 2.34. The lowest BCUT2D eigenvalue weighted by atomic mass is 10.1. The number of amides is 1. The molecule has 0 aromatic heterocycles. The van der Waals surface area contributed by atoms with Crippen LogP contribution < -0.4 is 10.9 Å². The van der Waals surface area contributed by atoms with Crippen molar-refractivity contribution in [3.05, 3.63) is 62.6 Å². The van der Waals surface area contributed by atoms with Gasteiger partial charge in [0.25, 0.3) is 5.91 Å². The standard InChI is InChI=1S/C14H8Cl3F3N2O/c15-7-5-10(16)12(11(17)6-7)21-22-13(23)8-3-1-2-4-9(8)14(18,19)20/h1-6,21H,(H,22,23). The van der Waals surface area contributed by atoms with Crippen molar-refractivity contribution in [1.29, 1.82) is 0 Å². The average molecular weight is 384 g/mol. The molecule has 2 aromatic rings. The third kappa shape index (κ3) is 4.22. The summed E-state index contributed by atoms with van der Waals surface area (Å²) in [6.07, 6.45) is -4.65. The first-order valence-electron chi connectivity index (χ1n) is 6.07. The second-order valence-electron chi connectivity index (χ2n) is 4.37. The van der Waals surface area contributed by atoms with Crippen LogP contribution in [0.3, 0.4) is 0 Å². The van der Waals surface area contributed by atoms with Gasteiger partial charge in [-0.05, 0) is 24.3 Å². The number of carbonyl (C=O) groups excluding carboxylic acids is 1. The molecule has 2 aromatic carbocycles. The Kier molecular flexibility index (Phi) is 5.29. The van der Waals surface area contributed by atoms with Gasteiger partial charge in [-0.2, -0.15) is 13.2 Å². The number of hydrogen-bond donors (Lipinski definition) is 2. The maximum Gasteiger partial charge on any atom is 0.417 e. The predicted molar refractivity (Wildman–Crippen MR) is 84.0 cm³/mol. The average Bonchev–Trinajstić information content (AvgIpc) is 2.45. The number of nitrogens with one attached hydrogen (secondary N) is 2. The number of halogens is 6. The molecule has 0 radical (unpaired) electrons. The Morgan fingerprint density at radius 3 is 2.13 bits per heavy atom. The van der Waals surface area contributed by atoms with Crippen molar-refractivity contribution in [2.24, 2.45) is 0 Å². The van der Waals surface area contributed by atoms with Crippen LogP contribution in [0.1, 0.15) is 15.9 Å². The van der Waals surface area contributed by atoms with E-state index in [2.05, 4.69) is 10.9 Å². The van der Waals surface area contributed by atoms with E-state index in [1.54, 1.807) is 0 Å². The van der Waals surface area contributed by atoms with Crippen LogP contribution >= 0.6 is 34.8 Å². The van der Waals surface area contributed by atoms with Crippen LogP contribution in [0, 0.1) is 0 Å². The van der Waals surface area contributed by atoms with Crippen molar-refractivity contribution in [2.45, 2.75) is 6.18 Å². The van der Waals surface area contributed by atoms with Crippen LogP contribution in [0.4, 0.5) is 18.9 Å². The normalized spacial score (nSPS) is 11.2. The molecule has 0 atom stereocenters. The number of benzene rings is 2. The summed E-state index contributed by atoms with van der Waals surface area (Å²) in [5.74, 6) is -0.986. The van der Waals surface area contributed by atoms with E-state index in [-0.39, 0.29) is 20.8 Å². The van der Waals surface area contributed by atoms with E-state index in [4.69, 9.17) is 34.8 Å². The van der Waals surface area contributed by atoms with E-state index in [0.29, 0.717) is 0 Å². The fourth-order valence-corrected chi connectivity index (χ4v) is 2.69. The zero-order valence-corrected chi connectivity index (χ0v) is 13.4. The predicted octanol–water partition coefficient (Wildman–Crippen LogP) is 5.42. The highest BCUT2D eigenvalue weighted by Crippen LogP contribution is 2.34. The van der Waals surface area contributed by atoms with Gasteiger partial charge in [-0.15, -0.1) is 0 Å². The molecule has 0 spiro atoms. The fraction of sp³-hybridized carbons (Fsp3) is 0.0714. The quantitative estimate of drug-likeness (QED) is 0.695. The SMILES string of the molecule is O=C(NNc1c(Cl)cc(Cl)cc1Cl)c1ccccc1C(F)(F)F. The molecule has 0 fully saturated rings. The Labute approximate surface area is 144 Å². The maximum atomic E-state index is 12.9. The summed E-state index contributed by atoms with van der Waals surface area (Å²) in [5, 5.41) is 0.484. The molecule has 122 valence electrons. The van der Waals surface area contributed by atoms with Gasteiger partial charge in [0.05, 0.1) is 26.9 Å². The molecule has 23 heavy (non-hydrogen) atoms. The number of anilines is 1. The minimum atomic E-state index is -4.65. The fourth-order valence-electron chi connectivity index (χ4n) is 1.78. The minimum Gasteiger partial charge on any atom is -0.295 e. The van der Waals surface area contributed by atoms with Crippen molar-refractivity contribution in [3.8, 4) is 0 Å². The molecule has 9 heteroatoms. The summed E-state index contributed by atoms with van der Waals surface area (Å²) < 4.78 is 38.7. The topological polar surface area (TPSA) is 41.1 Å². The number of hydrogen-bond acceptors (Lipinski definition) is 2. The summed E-state index contributed by atoms with van der Waals surface area (Å²) in [6.45, 7) is 0. The van der Waals surface area contributed by atoms with Crippen molar-refractivity contribution < 1.29 is 18.0 Å². The Balaban J connectivity index is 2.22. The van der Waals surface area contributed by atoms with E-state index < -0.39 is 23.2 Å². The Bertz CT molecular complexity index is 727. The number of alkyl halides is 3. The van der Waals surface area contributed by atoms with E-state index >= 15 is 0 Å². The zero-order valence-electron chi connectivity index (χ0n) is 11.1. The van der Waals surface area contributed by atoms with Gasteiger partial charge in [-0.3, -0.25) is 15.6 Å².